The standard InChI is InChI=1S/C29H30Cl3N7O3/c30-21-2-1-5-29(32,15-21)18-37-8-9-39(26-14-25(31)35-28(36-26)38-7-6-33-19-38)22(17-37)13-27(40)34-16-20-3-4-23-24(12-20)42-11-10-41-23/h1-7,12,14,19,22H,8-11,13,15-18H2,(H,34,40). The van der Waals surface area contributed by atoms with Crippen molar-refractivity contribution in [1.29, 1.82) is 0 Å². The Labute approximate surface area is 258 Å². The lowest BCUT2D eigenvalue weighted by Gasteiger charge is -2.44. The second-order valence-corrected chi connectivity index (χ2v) is 12.2. The van der Waals surface area contributed by atoms with Crippen molar-refractivity contribution in [3.8, 4) is 17.4 Å². The molecule has 1 aliphatic carbocycles. The van der Waals surface area contributed by atoms with E-state index in [1.54, 1.807) is 29.4 Å². The third kappa shape index (κ3) is 6.83. The number of rotatable bonds is 8. The number of alkyl halides is 1. The van der Waals surface area contributed by atoms with Crippen LogP contribution in [0.5, 0.6) is 11.5 Å². The van der Waals surface area contributed by atoms with Crippen molar-refractivity contribution >= 4 is 46.5 Å². The molecular formula is C29H30Cl3N7O3. The molecule has 1 N–H and O–H groups in total. The second kappa shape index (κ2) is 12.5. The number of fused-ring (bicyclic) bond motifs is 1. The quantitative estimate of drug-likeness (QED) is 0.290. The summed E-state index contributed by atoms with van der Waals surface area (Å²) in [6.07, 6.45) is 11.6. The zero-order valence-electron chi connectivity index (χ0n) is 22.8. The highest BCUT2D eigenvalue weighted by Gasteiger charge is 2.35. The van der Waals surface area contributed by atoms with Crippen molar-refractivity contribution in [2.75, 3.05) is 44.3 Å². The molecule has 0 radical (unpaired) electrons. The van der Waals surface area contributed by atoms with Crippen LogP contribution in [0.15, 0.2) is 66.2 Å². The van der Waals surface area contributed by atoms with Crippen LogP contribution in [0.25, 0.3) is 5.95 Å². The lowest BCUT2D eigenvalue weighted by atomic mass is 9.97. The Bertz CT molecular complexity index is 1500. The Morgan fingerprint density at radius 1 is 1.12 bits per heavy atom. The molecule has 13 heteroatoms. The van der Waals surface area contributed by atoms with E-state index >= 15 is 0 Å². The van der Waals surface area contributed by atoms with Crippen molar-refractivity contribution in [3.05, 3.63) is 77.0 Å². The first-order chi connectivity index (χ1) is 20.3. The monoisotopic (exact) mass is 629 g/mol. The van der Waals surface area contributed by atoms with Crippen molar-refractivity contribution in [2.24, 2.45) is 0 Å². The zero-order chi connectivity index (χ0) is 29.1. The number of nitrogens with zero attached hydrogens (tertiary/aromatic N) is 6. The summed E-state index contributed by atoms with van der Waals surface area (Å²) in [5.74, 6) is 2.38. The van der Waals surface area contributed by atoms with Crippen LogP contribution < -0.4 is 19.7 Å². The first-order valence-electron chi connectivity index (χ1n) is 13.7. The Hall–Kier alpha value is -3.31. The molecule has 220 valence electrons. The van der Waals surface area contributed by atoms with Gasteiger partial charge in [-0.3, -0.25) is 14.3 Å². The summed E-state index contributed by atoms with van der Waals surface area (Å²) >= 11 is 19.7. The fourth-order valence-electron chi connectivity index (χ4n) is 5.46. The third-order valence-electron chi connectivity index (χ3n) is 7.40. The van der Waals surface area contributed by atoms with E-state index in [-0.39, 0.29) is 18.4 Å². The molecule has 3 aliphatic rings. The normalized spacial score (nSPS) is 22.1. The van der Waals surface area contributed by atoms with Gasteiger partial charge in [0.1, 0.15) is 30.5 Å². The van der Waals surface area contributed by atoms with Gasteiger partial charge in [-0.25, -0.2) is 9.97 Å². The summed E-state index contributed by atoms with van der Waals surface area (Å²) in [6, 6.07) is 7.24. The van der Waals surface area contributed by atoms with E-state index in [1.807, 2.05) is 36.4 Å². The van der Waals surface area contributed by atoms with E-state index in [0.717, 1.165) is 22.9 Å². The van der Waals surface area contributed by atoms with Crippen molar-refractivity contribution < 1.29 is 14.3 Å². The van der Waals surface area contributed by atoms with Crippen LogP contribution in [0.4, 0.5) is 5.82 Å². The number of benzene rings is 1. The zero-order valence-corrected chi connectivity index (χ0v) is 25.0. The number of anilines is 1. The van der Waals surface area contributed by atoms with Gasteiger partial charge in [-0.2, -0.15) is 4.98 Å². The predicted octanol–water partition coefficient (Wildman–Crippen LogP) is 4.34. The lowest BCUT2D eigenvalue weighted by Crippen LogP contribution is -2.57. The Morgan fingerprint density at radius 3 is 2.79 bits per heavy atom. The number of nitrogens with one attached hydrogen (secondary N) is 1. The SMILES string of the molecule is O=C(CC1CN(CC2(Cl)C=CC=C(Cl)C2)CCN1c1cc(Cl)nc(-n2ccnc2)n1)NCc1ccc2c(c1)OCCO2. The van der Waals surface area contributed by atoms with Gasteiger partial charge < -0.3 is 19.7 Å². The lowest BCUT2D eigenvalue weighted by molar-refractivity contribution is -0.121. The Kier molecular flexibility index (Phi) is 8.57. The van der Waals surface area contributed by atoms with Gasteiger partial charge in [-0.1, -0.05) is 41.4 Å². The van der Waals surface area contributed by atoms with E-state index in [4.69, 9.17) is 49.3 Å². The molecule has 1 aromatic carbocycles. The van der Waals surface area contributed by atoms with Gasteiger partial charge in [-0.15, -0.1) is 11.6 Å². The van der Waals surface area contributed by atoms with Gasteiger partial charge in [0, 0.05) is 69.1 Å². The molecule has 10 nitrogen and oxygen atoms in total. The van der Waals surface area contributed by atoms with E-state index in [0.29, 0.717) is 68.5 Å². The summed E-state index contributed by atoms with van der Waals surface area (Å²) in [7, 11) is 0. The van der Waals surface area contributed by atoms with Crippen LogP contribution in [0, 0.1) is 0 Å². The fourth-order valence-corrected chi connectivity index (χ4v) is 6.40. The molecule has 3 aromatic rings. The van der Waals surface area contributed by atoms with Gasteiger partial charge in [0.2, 0.25) is 11.9 Å². The molecule has 2 aromatic heterocycles. The Morgan fingerprint density at radius 2 is 1.98 bits per heavy atom. The van der Waals surface area contributed by atoms with Crippen LogP contribution in [-0.4, -0.2) is 80.6 Å². The van der Waals surface area contributed by atoms with E-state index in [2.05, 4.69) is 25.1 Å². The smallest absolute Gasteiger partial charge is 0.238 e. The number of imidazole rings is 1. The average molecular weight is 631 g/mol. The number of amides is 1. The first-order valence-corrected chi connectivity index (χ1v) is 14.9. The summed E-state index contributed by atoms with van der Waals surface area (Å²) in [5.41, 5.74) is 0.931. The van der Waals surface area contributed by atoms with Crippen LogP contribution in [0.2, 0.25) is 5.15 Å². The van der Waals surface area contributed by atoms with Crippen LogP contribution in [0.3, 0.4) is 0 Å². The largest absolute Gasteiger partial charge is 0.486 e. The predicted molar refractivity (Wildman–Crippen MR) is 162 cm³/mol. The molecule has 6 rings (SSSR count). The number of allylic oxidation sites excluding steroid dienone is 3. The Balaban J connectivity index is 1.19. The minimum atomic E-state index is -0.605. The molecular weight excluding hydrogens is 601 g/mol. The molecule has 2 aliphatic heterocycles. The number of aromatic nitrogens is 4. The minimum absolute atomic E-state index is 0.0825. The highest BCUT2D eigenvalue weighted by Crippen LogP contribution is 2.34. The number of halogens is 3. The topological polar surface area (TPSA) is 97.6 Å². The van der Waals surface area contributed by atoms with Crippen molar-refractivity contribution in [1.82, 2.24) is 29.7 Å². The highest BCUT2D eigenvalue weighted by molar-refractivity contribution is 6.32. The first kappa shape index (κ1) is 28.8. The summed E-state index contributed by atoms with van der Waals surface area (Å²) in [5, 5.41) is 4.10. The number of piperazine rings is 1. The van der Waals surface area contributed by atoms with Crippen molar-refractivity contribution in [2.45, 2.75) is 30.3 Å². The number of hydrogen-bond donors (Lipinski definition) is 1. The molecule has 0 bridgehead atoms. The van der Waals surface area contributed by atoms with Gasteiger partial charge >= 0.3 is 0 Å². The van der Waals surface area contributed by atoms with Gasteiger partial charge in [-0.05, 0) is 23.8 Å². The second-order valence-electron chi connectivity index (χ2n) is 10.5. The molecule has 4 heterocycles. The molecule has 0 spiro atoms. The van der Waals surface area contributed by atoms with Crippen molar-refractivity contribution in [3.63, 3.8) is 0 Å². The summed E-state index contributed by atoms with van der Waals surface area (Å²) in [6.45, 7) is 3.96. The van der Waals surface area contributed by atoms with Gasteiger partial charge in [0.05, 0.1) is 10.9 Å². The van der Waals surface area contributed by atoms with Crippen LogP contribution >= 0.6 is 34.8 Å². The molecule has 1 fully saturated rings. The maximum atomic E-state index is 13.3. The summed E-state index contributed by atoms with van der Waals surface area (Å²) < 4.78 is 13.0. The van der Waals surface area contributed by atoms with Gasteiger partial charge in [0.25, 0.3) is 0 Å². The molecule has 1 saturated heterocycles. The molecule has 1 amide bonds. The molecule has 2 unspecified atom stereocenters. The molecule has 42 heavy (non-hydrogen) atoms. The third-order valence-corrected chi connectivity index (χ3v) is 8.24. The number of carbonyl (C=O) groups is 1. The van der Waals surface area contributed by atoms with Crippen LogP contribution in [0.1, 0.15) is 18.4 Å². The van der Waals surface area contributed by atoms with Gasteiger partial charge in [0.15, 0.2) is 11.5 Å². The molecule has 0 saturated carbocycles. The average Bonchev–Trinajstić information content (AvgIpc) is 3.51. The molecule has 2 atom stereocenters. The van der Waals surface area contributed by atoms with E-state index < -0.39 is 4.87 Å². The maximum absolute atomic E-state index is 13.3. The number of carbonyl (C=O) groups excluding carboxylic acids is 1. The van der Waals surface area contributed by atoms with E-state index in [1.165, 1.54) is 0 Å². The number of ether oxygens (including phenoxy) is 2. The van der Waals surface area contributed by atoms with Crippen LogP contribution in [-0.2, 0) is 11.3 Å². The summed E-state index contributed by atoms with van der Waals surface area (Å²) in [4.78, 5) is 30.3. The highest BCUT2D eigenvalue weighted by atomic mass is 35.5. The fraction of sp³-hybridized carbons (Fsp3) is 0.379. The number of hydrogen-bond acceptors (Lipinski definition) is 8. The maximum Gasteiger partial charge on any atom is 0.238 e. The minimum Gasteiger partial charge on any atom is -0.486 e. The van der Waals surface area contributed by atoms with E-state index in [9.17, 15) is 4.79 Å².